The van der Waals surface area contributed by atoms with Gasteiger partial charge >= 0.3 is 5.97 Å². The predicted octanol–water partition coefficient (Wildman–Crippen LogP) is 2.06. The maximum atomic E-state index is 12.1. The molecule has 0 aliphatic carbocycles. The van der Waals surface area contributed by atoms with E-state index < -0.39 is 12.0 Å². The molecular formula is C15H19NO4S. The van der Waals surface area contributed by atoms with Gasteiger partial charge in [0, 0.05) is 5.75 Å². The summed E-state index contributed by atoms with van der Waals surface area (Å²) >= 11 is 1.46. The average molecular weight is 309 g/mol. The highest BCUT2D eigenvalue weighted by atomic mass is 32.2. The number of amides is 1. The summed E-state index contributed by atoms with van der Waals surface area (Å²) in [4.78, 5) is 24.5. The van der Waals surface area contributed by atoms with E-state index in [1.807, 2.05) is 26.0 Å². The molecule has 114 valence electrons. The predicted molar refractivity (Wildman–Crippen MR) is 81.6 cm³/mol. The second-order valence-corrected chi connectivity index (χ2v) is 6.14. The molecule has 1 saturated heterocycles. The molecule has 0 aromatic heterocycles. The third-order valence-electron chi connectivity index (χ3n) is 3.27. The van der Waals surface area contributed by atoms with Gasteiger partial charge in [-0.15, -0.1) is 11.8 Å². The van der Waals surface area contributed by atoms with E-state index >= 15 is 0 Å². The number of rotatable bonds is 5. The van der Waals surface area contributed by atoms with Crippen LogP contribution in [0.5, 0.6) is 5.75 Å². The van der Waals surface area contributed by atoms with Crippen LogP contribution in [0.15, 0.2) is 18.2 Å². The van der Waals surface area contributed by atoms with Gasteiger partial charge < -0.3 is 14.7 Å². The number of nitrogens with zero attached hydrogens (tertiary/aromatic N) is 1. The van der Waals surface area contributed by atoms with E-state index in [-0.39, 0.29) is 18.9 Å². The van der Waals surface area contributed by atoms with Crippen LogP contribution in [0.2, 0.25) is 0 Å². The lowest BCUT2D eigenvalue weighted by Gasteiger charge is -2.20. The average Bonchev–Trinajstić information content (AvgIpc) is 2.86. The van der Waals surface area contributed by atoms with Crippen molar-refractivity contribution < 1.29 is 19.4 Å². The normalized spacial score (nSPS) is 17.8. The van der Waals surface area contributed by atoms with Gasteiger partial charge in [0.1, 0.15) is 11.8 Å². The molecule has 1 heterocycles. The van der Waals surface area contributed by atoms with Crippen molar-refractivity contribution in [2.24, 2.45) is 0 Å². The second kappa shape index (κ2) is 6.85. The summed E-state index contributed by atoms with van der Waals surface area (Å²) < 4.78 is 5.59. The van der Waals surface area contributed by atoms with Crippen LogP contribution in [-0.2, 0) is 9.59 Å². The fraction of sp³-hybridized carbons (Fsp3) is 0.467. The number of hydrogen-bond donors (Lipinski definition) is 1. The molecule has 2 rings (SSSR count). The number of carboxylic acid groups (broad SMARTS) is 1. The zero-order valence-electron chi connectivity index (χ0n) is 12.2. The summed E-state index contributed by atoms with van der Waals surface area (Å²) in [5.41, 5.74) is 2.22. The van der Waals surface area contributed by atoms with Crippen molar-refractivity contribution in [3.63, 3.8) is 0 Å². The molecule has 5 nitrogen and oxygen atoms in total. The molecule has 1 aromatic carbocycles. The molecule has 0 spiro atoms. The molecule has 1 aromatic rings. The number of thioether (sulfide) groups is 1. The van der Waals surface area contributed by atoms with Crippen molar-refractivity contribution in [3.8, 4) is 5.75 Å². The van der Waals surface area contributed by atoms with Crippen molar-refractivity contribution in [2.75, 3.05) is 18.2 Å². The minimum Gasteiger partial charge on any atom is -0.493 e. The first-order valence-corrected chi connectivity index (χ1v) is 7.94. The lowest BCUT2D eigenvalue weighted by atomic mass is 10.1. The molecular weight excluding hydrogens is 290 g/mol. The third kappa shape index (κ3) is 4.14. The Bertz CT molecular complexity index is 526. The Morgan fingerprint density at radius 3 is 2.62 bits per heavy atom. The quantitative estimate of drug-likeness (QED) is 0.902. The van der Waals surface area contributed by atoms with Gasteiger partial charge in [0.25, 0.3) is 0 Å². The Kier molecular flexibility index (Phi) is 5.12. The largest absolute Gasteiger partial charge is 0.493 e. The fourth-order valence-electron chi connectivity index (χ4n) is 2.31. The molecule has 0 radical (unpaired) electrons. The number of carbonyl (C=O) groups excluding carboxylic acids is 1. The monoisotopic (exact) mass is 309 g/mol. The number of carbonyl (C=O) groups is 2. The maximum absolute atomic E-state index is 12.1. The first kappa shape index (κ1) is 15.7. The number of benzene rings is 1. The minimum atomic E-state index is -0.941. The van der Waals surface area contributed by atoms with Crippen molar-refractivity contribution in [3.05, 3.63) is 29.3 Å². The van der Waals surface area contributed by atoms with Crippen LogP contribution in [0.3, 0.4) is 0 Å². The highest BCUT2D eigenvalue weighted by Crippen LogP contribution is 2.22. The molecule has 6 heteroatoms. The topological polar surface area (TPSA) is 66.8 Å². The standard InChI is InChI=1S/C15H19NO4S/c1-10-5-11(2)7-12(6-10)20-4-3-14(17)16-9-21-8-13(16)15(18)19/h5-7,13H,3-4,8-9H2,1-2H3,(H,18,19)/t13-/m0/s1. The van der Waals surface area contributed by atoms with E-state index in [0.29, 0.717) is 11.6 Å². The summed E-state index contributed by atoms with van der Waals surface area (Å²) in [6, 6.07) is 5.19. The van der Waals surface area contributed by atoms with Gasteiger partial charge in [0.05, 0.1) is 18.9 Å². The molecule has 0 saturated carbocycles. The smallest absolute Gasteiger partial charge is 0.327 e. The first-order valence-electron chi connectivity index (χ1n) is 6.78. The fourth-order valence-corrected chi connectivity index (χ4v) is 3.48. The molecule has 1 aliphatic heterocycles. The van der Waals surface area contributed by atoms with Gasteiger partial charge in [-0.05, 0) is 37.1 Å². The zero-order chi connectivity index (χ0) is 15.4. The molecule has 1 aliphatic rings. The van der Waals surface area contributed by atoms with Gasteiger partial charge in [-0.1, -0.05) is 6.07 Å². The third-order valence-corrected chi connectivity index (χ3v) is 4.28. The summed E-state index contributed by atoms with van der Waals surface area (Å²) in [5, 5.41) is 9.06. The van der Waals surface area contributed by atoms with Gasteiger partial charge in [-0.2, -0.15) is 0 Å². The Hall–Kier alpha value is -1.69. The molecule has 1 N–H and O–H groups in total. The lowest BCUT2D eigenvalue weighted by molar-refractivity contribution is -0.147. The van der Waals surface area contributed by atoms with E-state index in [0.717, 1.165) is 16.9 Å². The van der Waals surface area contributed by atoms with E-state index in [1.54, 1.807) is 0 Å². The van der Waals surface area contributed by atoms with Gasteiger partial charge in [-0.25, -0.2) is 4.79 Å². The van der Waals surface area contributed by atoms with Crippen molar-refractivity contribution in [2.45, 2.75) is 26.3 Å². The molecule has 1 amide bonds. The Morgan fingerprint density at radius 2 is 2.00 bits per heavy atom. The lowest BCUT2D eigenvalue weighted by Crippen LogP contribution is -2.42. The highest BCUT2D eigenvalue weighted by Gasteiger charge is 2.34. The Labute approximate surface area is 128 Å². The molecule has 21 heavy (non-hydrogen) atoms. The van der Waals surface area contributed by atoms with Gasteiger partial charge in [-0.3, -0.25) is 4.79 Å². The summed E-state index contributed by atoms with van der Waals surface area (Å²) in [6.07, 6.45) is 0.192. The van der Waals surface area contributed by atoms with Crippen molar-refractivity contribution in [1.82, 2.24) is 4.90 Å². The van der Waals surface area contributed by atoms with E-state index in [2.05, 4.69) is 6.07 Å². The zero-order valence-corrected chi connectivity index (χ0v) is 13.0. The minimum absolute atomic E-state index is 0.170. The van der Waals surface area contributed by atoms with Gasteiger partial charge in [0.15, 0.2) is 0 Å². The number of carboxylic acids is 1. The van der Waals surface area contributed by atoms with Crippen LogP contribution in [-0.4, -0.2) is 46.2 Å². The molecule has 1 fully saturated rings. The van der Waals surface area contributed by atoms with E-state index in [1.165, 1.54) is 16.7 Å². The molecule has 0 bridgehead atoms. The van der Waals surface area contributed by atoms with Crippen LogP contribution in [0.25, 0.3) is 0 Å². The molecule has 1 atom stereocenters. The van der Waals surface area contributed by atoms with Gasteiger partial charge in [0.2, 0.25) is 5.91 Å². The highest BCUT2D eigenvalue weighted by molar-refractivity contribution is 7.99. The van der Waals surface area contributed by atoms with Crippen LogP contribution < -0.4 is 4.74 Å². The second-order valence-electron chi connectivity index (χ2n) is 5.14. The van der Waals surface area contributed by atoms with Crippen molar-refractivity contribution >= 4 is 23.6 Å². The van der Waals surface area contributed by atoms with Crippen molar-refractivity contribution in [1.29, 1.82) is 0 Å². The van der Waals surface area contributed by atoms with Crippen LogP contribution in [0.4, 0.5) is 0 Å². The number of ether oxygens (including phenoxy) is 1. The number of hydrogen-bond acceptors (Lipinski definition) is 4. The van der Waals surface area contributed by atoms with Crippen LogP contribution in [0, 0.1) is 13.8 Å². The summed E-state index contributed by atoms with van der Waals surface area (Å²) in [7, 11) is 0. The Morgan fingerprint density at radius 1 is 1.33 bits per heavy atom. The first-order chi connectivity index (χ1) is 9.97. The molecule has 0 unspecified atom stereocenters. The Balaban J connectivity index is 1.85. The van der Waals surface area contributed by atoms with E-state index in [9.17, 15) is 9.59 Å². The van der Waals surface area contributed by atoms with E-state index in [4.69, 9.17) is 9.84 Å². The SMILES string of the molecule is Cc1cc(C)cc(OCCC(=O)N2CSC[C@H]2C(=O)O)c1. The summed E-state index contributed by atoms with van der Waals surface area (Å²) in [5.74, 6) is 0.532. The van der Waals surface area contributed by atoms with Crippen LogP contribution >= 0.6 is 11.8 Å². The maximum Gasteiger partial charge on any atom is 0.327 e. The number of aliphatic carboxylic acids is 1. The number of aryl methyl sites for hydroxylation is 2. The summed E-state index contributed by atoms with van der Waals surface area (Å²) in [6.45, 7) is 4.24. The van der Waals surface area contributed by atoms with Crippen LogP contribution in [0.1, 0.15) is 17.5 Å².